The molecule has 0 spiro atoms. The molecule has 1 saturated heterocycles. The van der Waals surface area contributed by atoms with E-state index >= 15 is 0 Å². The van der Waals surface area contributed by atoms with E-state index in [9.17, 15) is 0 Å². The molecule has 0 unspecified atom stereocenters. The third-order valence-corrected chi connectivity index (χ3v) is 4.08. The average Bonchev–Trinajstić information content (AvgIpc) is 2.76. The molecule has 0 bridgehead atoms. The van der Waals surface area contributed by atoms with Crippen molar-refractivity contribution in [2.45, 2.75) is 52.5 Å². The molecule has 0 aromatic carbocycles. The highest BCUT2D eigenvalue weighted by molar-refractivity contribution is 7.09. The van der Waals surface area contributed by atoms with Gasteiger partial charge in [0.2, 0.25) is 0 Å². The Morgan fingerprint density at radius 3 is 2.84 bits per heavy atom. The SMILES string of the molecule is CCCNCc1nc(CN2C[C@@H](C)O[C@@H](C)C2)cs1. The molecule has 1 aromatic rings. The van der Waals surface area contributed by atoms with Crippen molar-refractivity contribution in [3.63, 3.8) is 0 Å². The molecule has 2 heterocycles. The van der Waals surface area contributed by atoms with Crippen molar-refractivity contribution in [1.82, 2.24) is 15.2 Å². The lowest BCUT2D eigenvalue weighted by molar-refractivity contribution is -0.0707. The van der Waals surface area contributed by atoms with Crippen molar-refractivity contribution >= 4 is 11.3 Å². The second kappa shape index (κ2) is 7.33. The minimum atomic E-state index is 0.327. The van der Waals surface area contributed by atoms with Gasteiger partial charge in [-0.1, -0.05) is 6.92 Å². The third kappa shape index (κ3) is 4.84. The zero-order valence-corrected chi connectivity index (χ0v) is 13.0. The van der Waals surface area contributed by atoms with Crippen molar-refractivity contribution in [2.75, 3.05) is 19.6 Å². The van der Waals surface area contributed by atoms with Gasteiger partial charge in [0.25, 0.3) is 0 Å². The maximum absolute atomic E-state index is 5.76. The number of thiazole rings is 1. The van der Waals surface area contributed by atoms with Crippen molar-refractivity contribution in [2.24, 2.45) is 0 Å². The molecule has 0 radical (unpaired) electrons. The van der Waals surface area contributed by atoms with E-state index in [-0.39, 0.29) is 0 Å². The first-order chi connectivity index (χ1) is 9.17. The van der Waals surface area contributed by atoms with Gasteiger partial charge in [0.1, 0.15) is 5.01 Å². The van der Waals surface area contributed by atoms with E-state index in [1.165, 1.54) is 17.1 Å². The summed E-state index contributed by atoms with van der Waals surface area (Å²) < 4.78 is 5.76. The fraction of sp³-hybridized carbons (Fsp3) is 0.786. The van der Waals surface area contributed by atoms with Crippen LogP contribution in [0.5, 0.6) is 0 Å². The predicted molar refractivity (Wildman–Crippen MR) is 79.4 cm³/mol. The second-order valence-electron chi connectivity index (χ2n) is 5.36. The van der Waals surface area contributed by atoms with E-state index in [2.05, 4.69) is 36.4 Å². The molecule has 19 heavy (non-hydrogen) atoms. The van der Waals surface area contributed by atoms with Crippen LogP contribution in [0.4, 0.5) is 0 Å². The van der Waals surface area contributed by atoms with Crippen LogP contribution in [0.25, 0.3) is 0 Å². The molecule has 1 aliphatic heterocycles. The molecule has 0 saturated carbocycles. The first kappa shape index (κ1) is 14.9. The molecule has 4 nitrogen and oxygen atoms in total. The van der Waals surface area contributed by atoms with Crippen molar-refractivity contribution in [3.05, 3.63) is 16.1 Å². The standard InChI is InChI=1S/C14H25N3OS/c1-4-5-15-6-14-16-13(10-19-14)9-17-7-11(2)18-12(3)8-17/h10-12,15H,4-9H2,1-3H3/t11-,12+. The summed E-state index contributed by atoms with van der Waals surface area (Å²) in [7, 11) is 0. The normalized spacial score (nSPS) is 24.8. The zero-order chi connectivity index (χ0) is 13.7. The van der Waals surface area contributed by atoms with Crippen molar-refractivity contribution < 1.29 is 4.74 Å². The lowest BCUT2D eigenvalue weighted by Gasteiger charge is -2.34. The highest BCUT2D eigenvalue weighted by Gasteiger charge is 2.22. The lowest BCUT2D eigenvalue weighted by Crippen LogP contribution is -2.44. The van der Waals surface area contributed by atoms with Crippen molar-refractivity contribution in [3.8, 4) is 0 Å². The Labute approximate surface area is 120 Å². The molecular formula is C14H25N3OS. The maximum Gasteiger partial charge on any atom is 0.107 e. The maximum atomic E-state index is 5.76. The van der Waals surface area contributed by atoms with Gasteiger partial charge in [-0.15, -0.1) is 11.3 Å². The summed E-state index contributed by atoms with van der Waals surface area (Å²) in [6, 6.07) is 0. The van der Waals surface area contributed by atoms with Crippen LogP contribution < -0.4 is 5.32 Å². The number of nitrogens with zero attached hydrogens (tertiary/aromatic N) is 2. The van der Waals surface area contributed by atoms with Gasteiger partial charge in [0.15, 0.2) is 0 Å². The topological polar surface area (TPSA) is 37.4 Å². The monoisotopic (exact) mass is 283 g/mol. The first-order valence-electron chi connectivity index (χ1n) is 7.19. The summed E-state index contributed by atoms with van der Waals surface area (Å²) in [4.78, 5) is 7.14. The Kier molecular flexibility index (Phi) is 5.76. The molecule has 0 aliphatic carbocycles. The first-order valence-corrected chi connectivity index (χ1v) is 8.07. The third-order valence-electron chi connectivity index (χ3n) is 3.18. The Morgan fingerprint density at radius 1 is 1.42 bits per heavy atom. The van der Waals surface area contributed by atoms with E-state index in [1.54, 1.807) is 11.3 Å². The Bertz CT molecular complexity index is 373. The second-order valence-corrected chi connectivity index (χ2v) is 6.30. The minimum absolute atomic E-state index is 0.327. The van der Waals surface area contributed by atoms with Crippen LogP contribution in [0.15, 0.2) is 5.38 Å². The summed E-state index contributed by atoms with van der Waals surface area (Å²) in [5, 5.41) is 6.78. The fourth-order valence-corrected chi connectivity index (χ4v) is 3.27. The van der Waals surface area contributed by atoms with E-state index in [0.29, 0.717) is 12.2 Å². The number of morpholine rings is 1. The number of hydrogen-bond acceptors (Lipinski definition) is 5. The Hall–Kier alpha value is -0.490. The molecule has 0 amide bonds. The molecule has 1 fully saturated rings. The molecule has 1 aromatic heterocycles. The summed E-state index contributed by atoms with van der Waals surface area (Å²) in [6.45, 7) is 11.4. The minimum Gasteiger partial charge on any atom is -0.373 e. The summed E-state index contributed by atoms with van der Waals surface area (Å²) in [5.41, 5.74) is 1.19. The van der Waals surface area contributed by atoms with Gasteiger partial charge in [-0.2, -0.15) is 0 Å². The molecule has 2 rings (SSSR count). The van der Waals surface area contributed by atoms with Crippen LogP contribution in [0.1, 0.15) is 37.9 Å². The van der Waals surface area contributed by atoms with Gasteiger partial charge in [-0.25, -0.2) is 4.98 Å². The Morgan fingerprint density at radius 2 is 2.16 bits per heavy atom. The van der Waals surface area contributed by atoms with Crippen LogP contribution in [-0.2, 0) is 17.8 Å². The Balaban J connectivity index is 1.82. The fourth-order valence-electron chi connectivity index (χ4n) is 2.52. The highest BCUT2D eigenvalue weighted by Crippen LogP contribution is 2.16. The molecule has 1 N–H and O–H groups in total. The van der Waals surface area contributed by atoms with Gasteiger partial charge in [0.05, 0.1) is 17.9 Å². The van der Waals surface area contributed by atoms with Crippen LogP contribution in [0.3, 0.4) is 0 Å². The van der Waals surface area contributed by atoms with E-state index in [4.69, 9.17) is 9.72 Å². The van der Waals surface area contributed by atoms with Gasteiger partial charge < -0.3 is 10.1 Å². The molecule has 108 valence electrons. The van der Waals surface area contributed by atoms with Crippen LogP contribution in [-0.4, -0.2) is 41.7 Å². The lowest BCUT2D eigenvalue weighted by atomic mass is 10.2. The highest BCUT2D eigenvalue weighted by atomic mass is 32.1. The molecule has 5 heteroatoms. The smallest absolute Gasteiger partial charge is 0.107 e. The van der Waals surface area contributed by atoms with Crippen molar-refractivity contribution in [1.29, 1.82) is 0 Å². The predicted octanol–water partition coefficient (Wildman–Crippen LogP) is 2.25. The largest absolute Gasteiger partial charge is 0.373 e. The van der Waals surface area contributed by atoms with Gasteiger partial charge >= 0.3 is 0 Å². The van der Waals surface area contributed by atoms with Gasteiger partial charge in [-0.05, 0) is 26.8 Å². The van der Waals surface area contributed by atoms with E-state index in [1.807, 2.05) is 0 Å². The molecular weight excluding hydrogens is 258 g/mol. The summed E-state index contributed by atoms with van der Waals surface area (Å²) in [6.07, 6.45) is 1.82. The van der Waals surface area contributed by atoms with Gasteiger partial charge in [-0.3, -0.25) is 4.90 Å². The van der Waals surface area contributed by atoms with Gasteiger partial charge in [0, 0.05) is 31.6 Å². The number of aromatic nitrogens is 1. The summed E-state index contributed by atoms with van der Waals surface area (Å²) >= 11 is 1.76. The zero-order valence-electron chi connectivity index (χ0n) is 12.2. The number of nitrogens with one attached hydrogen (secondary N) is 1. The van der Waals surface area contributed by atoms with Crippen LogP contribution in [0.2, 0.25) is 0 Å². The molecule has 2 atom stereocenters. The molecule has 1 aliphatic rings. The van der Waals surface area contributed by atoms with E-state index < -0.39 is 0 Å². The number of rotatable bonds is 6. The average molecular weight is 283 g/mol. The van der Waals surface area contributed by atoms with E-state index in [0.717, 1.165) is 32.7 Å². The van der Waals surface area contributed by atoms with Crippen LogP contribution in [0, 0.1) is 0 Å². The van der Waals surface area contributed by atoms with Crippen LogP contribution >= 0.6 is 11.3 Å². The quantitative estimate of drug-likeness (QED) is 0.813. The number of hydrogen-bond donors (Lipinski definition) is 1. The summed E-state index contributed by atoms with van der Waals surface area (Å²) in [5.74, 6) is 0. The number of ether oxygens (including phenoxy) is 1.